The molecule has 0 aliphatic rings. The molecule has 0 aliphatic heterocycles. The van der Waals surface area contributed by atoms with Crippen molar-refractivity contribution >= 4 is 11.6 Å². The van der Waals surface area contributed by atoms with Crippen LogP contribution in [0.1, 0.15) is 11.3 Å². The molecule has 0 radical (unpaired) electrons. The molecule has 0 fully saturated rings. The number of rotatable bonds is 3. The van der Waals surface area contributed by atoms with Crippen LogP contribution < -0.4 is 0 Å². The molecule has 2 aromatic rings. The molecular weight excluding hydrogens is 242 g/mol. The summed E-state index contributed by atoms with van der Waals surface area (Å²) in [6.45, 7) is 0.211. The molecule has 0 saturated heterocycles. The summed E-state index contributed by atoms with van der Waals surface area (Å²) in [5.41, 5.74) is 0.744. The predicted octanol–water partition coefficient (Wildman–Crippen LogP) is 1.33. The number of halogens is 1. The Balaban J connectivity index is 2.54. The molecule has 0 aliphatic carbocycles. The van der Waals surface area contributed by atoms with Crippen molar-refractivity contribution in [2.24, 2.45) is 0 Å². The summed E-state index contributed by atoms with van der Waals surface area (Å²) < 4.78 is 6.26. The molecule has 7 heteroatoms. The molecule has 0 unspecified atom stereocenters. The molecule has 2 aromatic heterocycles. The van der Waals surface area contributed by atoms with Crippen LogP contribution in [0.5, 0.6) is 0 Å². The standard InChI is InChI=1S/C10H8ClN5O/c1-17-6-8-7(5-12)9(11)16(15-8)10-13-3-2-4-14-10/h2-4H,6H2,1H3. The number of methoxy groups -OCH3 is 1. The molecule has 2 heterocycles. The van der Waals surface area contributed by atoms with Gasteiger partial charge in [-0.25, -0.2) is 9.97 Å². The fourth-order valence-electron chi connectivity index (χ4n) is 1.32. The first-order valence-electron chi connectivity index (χ1n) is 4.71. The quantitative estimate of drug-likeness (QED) is 0.820. The van der Waals surface area contributed by atoms with E-state index >= 15 is 0 Å². The van der Waals surface area contributed by atoms with E-state index in [9.17, 15) is 0 Å². The highest BCUT2D eigenvalue weighted by Gasteiger charge is 2.18. The zero-order chi connectivity index (χ0) is 12.3. The van der Waals surface area contributed by atoms with Crippen LogP contribution in [0, 0.1) is 11.3 Å². The molecule has 0 atom stereocenters. The molecule has 0 bridgehead atoms. The van der Waals surface area contributed by atoms with Gasteiger partial charge in [-0.1, -0.05) is 11.6 Å². The number of nitrogens with zero attached hydrogens (tertiary/aromatic N) is 5. The molecule has 0 aromatic carbocycles. The van der Waals surface area contributed by atoms with Crippen LogP contribution in [0.2, 0.25) is 5.15 Å². The van der Waals surface area contributed by atoms with E-state index in [1.54, 1.807) is 18.5 Å². The van der Waals surface area contributed by atoms with E-state index in [4.69, 9.17) is 21.6 Å². The van der Waals surface area contributed by atoms with E-state index < -0.39 is 0 Å². The Morgan fingerprint density at radius 1 is 1.47 bits per heavy atom. The maximum atomic E-state index is 9.00. The first kappa shape index (κ1) is 11.5. The normalized spacial score (nSPS) is 10.2. The lowest BCUT2D eigenvalue weighted by Crippen LogP contribution is -2.02. The van der Waals surface area contributed by atoms with Crippen molar-refractivity contribution in [3.05, 3.63) is 34.9 Å². The Kier molecular flexibility index (Phi) is 3.32. The molecule has 86 valence electrons. The van der Waals surface area contributed by atoms with Gasteiger partial charge in [-0.2, -0.15) is 15.0 Å². The number of aromatic nitrogens is 4. The topological polar surface area (TPSA) is 76.6 Å². The third kappa shape index (κ3) is 2.11. The predicted molar refractivity (Wildman–Crippen MR) is 59.6 cm³/mol. The van der Waals surface area contributed by atoms with E-state index in [1.807, 2.05) is 6.07 Å². The third-order valence-corrected chi connectivity index (χ3v) is 2.39. The largest absolute Gasteiger partial charge is 0.378 e. The number of ether oxygens (including phenoxy) is 1. The van der Waals surface area contributed by atoms with Gasteiger partial charge in [0, 0.05) is 19.5 Å². The first-order valence-corrected chi connectivity index (χ1v) is 5.09. The Bertz CT molecular complexity index is 560. The van der Waals surface area contributed by atoms with Crippen molar-refractivity contribution in [2.45, 2.75) is 6.61 Å². The molecule has 6 nitrogen and oxygen atoms in total. The summed E-state index contributed by atoms with van der Waals surface area (Å²) in [7, 11) is 1.52. The highest BCUT2D eigenvalue weighted by molar-refractivity contribution is 6.31. The highest BCUT2D eigenvalue weighted by Crippen LogP contribution is 2.21. The number of nitriles is 1. The van der Waals surface area contributed by atoms with Gasteiger partial charge in [-0.05, 0) is 6.07 Å². The molecule has 17 heavy (non-hydrogen) atoms. The van der Waals surface area contributed by atoms with Gasteiger partial charge >= 0.3 is 0 Å². The van der Waals surface area contributed by atoms with Crippen molar-refractivity contribution in [2.75, 3.05) is 7.11 Å². The molecule has 0 amide bonds. The fourth-order valence-corrected chi connectivity index (χ4v) is 1.59. The van der Waals surface area contributed by atoms with E-state index in [-0.39, 0.29) is 17.3 Å². The maximum Gasteiger partial charge on any atom is 0.251 e. The van der Waals surface area contributed by atoms with Crippen molar-refractivity contribution in [3.8, 4) is 12.0 Å². The maximum absolute atomic E-state index is 9.00. The minimum absolute atomic E-state index is 0.186. The summed E-state index contributed by atoms with van der Waals surface area (Å²) in [5, 5.41) is 13.3. The second-order valence-corrected chi connectivity index (χ2v) is 3.48. The van der Waals surface area contributed by atoms with Gasteiger partial charge in [-0.3, -0.25) is 0 Å². The molecule has 0 saturated carbocycles. The zero-order valence-corrected chi connectivity index (χ0v) is 9.72. The minimum atomic E-state index is 0.186. The Hall–Kier alpha value is -1.97. The number of hydrogen-bond donors (Lipinski definition) is 0. The summed E-state index contributed by atoms with van der Waals surface area (Å²) in [4.78, 5) is 8.03. The lowest BCUT2D eigenvalue weighted by Gasteiger charge is -1.98. The molecule has 0 spiro atoms. The van der Waals surface area contributed by atoms with Crippen molar-refractivity contribution in [1.82, 2.24) is 19.7 Å². The van der Waals surface area contributed by atoms with Gasteiger partial charge in [0.2, 0.25) is 0 Å². The third-order valence-electron chi connectivity index (χ3n) is 2.04. The lowest BCUT2D eigenvalue weighted by atomic mass is 10.3. The Morgan fingerprint density at radius 2 is 2.18 bits per heavy atom. The zero-order valence-electron chi connectivity index (χ0n) is 8.96. The van der Waals surface area contributed by atoms with E-state index in [0.29, 0.717) is 11.6 Å². The molecule has 2 rings (SSSR count). The average molecular weight is 250 g/mol. The van der Waals surface area contributed by atoms with Crippen LogP contribution in [-0.2, 0) is 11.3 Å². The van der Waals surface area contributed by atoms with Crippen LogP contribution >= 0.6 is 11.6 Å². The van der Waals surface area contributed by atoms with Crippen LogP contribution in [-0.4, -0.2) is 26.9 Å². The lowest BCUT2D eigenvalue weighted by molar-refractivity contribution is 0.181. The van der Waals surface area contributed by atoms with Crippen molar-refractivity contribution in [3.63, 3.8) is 0 Å². The van der Waals surface area contributed by atoms with Crippen molar-refractivity contribution in [1.29, 1.82) is 5.26 Å². The average Bonchev–Trinajstić information content (AvgIpc) is 2.67. The monoisotopic (exact) mass is 249 g/mol. The van der Waals surface area contributed by atoms with Gasteiger partial charge < -0.3 is 4.74 Å². The summed E-state index contributed by atoms with van der Waals surface area (Å²) >= 11 is 6.04. The second-order valence-electron chi connectivity index (χ2n) is 3.12. The number of hydrogen-bond acceptors (Lipinski definition) is 5. The van der Waals surface area contributed by atoms with Crippen LogP contribution in [0.4, 0.5) is 0 Å². The van der Waals surface area contributed by atoms with Gasteiger partial charge in [0.1, 0.15) is 17.3 Å². The van der Waals surface area contributed by atoms with Crippen LogP contribution in [0.3, 0.4) is 0 Å². The smallest absolute Gasteiger partial charge is 0.251 e. The van der Waals surface area contributed by atoms with Crippen LogP contribution in [0.25, 0.3) is 5.95 Å². The Morgan fingerprint density at radius 3 is 2.76 bits per heavy atom. The first-order chi connectivity index (χ1) is 8.27. The van der Waals surface area contributed by atoms with E-state index in [2.05, 4.69) is 15.1 Å². The van der Waals surface area contributed by atoms with Gasteiger partial charge in [-0.15, -0.1) is 0 Å². The molecule has 0 N–H and O–H groups in total. The summed E-state index contributed by atoms with van der Waals surface area (Å²) in [5.74, 6) is 0.316. The van der Waals surface area contributed by atoms with E-state index in [0.717, 1.165) is 0 Å². The SMILES string of the molecule is COCc1nn(-c2ncccn2)c(Cl)c1C#N. The molecular formula is C10H8ClN5O. The minimum Gasteiger partial charge on any atom is -0.378 e. The summed E-state index contributed by atoms with van der Waals surface area (Å²) in [6.07, 6.45) is 3.14. The van der Waals surface area contributed by atoms with Crippen LogP contribution in [0.15, 0.2) is 18.5 Å². The van der Waals surface area contributed by atoms with Gasteiger partial charge in [0.25, 0.3) is 5.95 Å². The fraction of sp³-hybridized carbons (Fsp3) is 0.200. The van der Waals surface area contributed by atoms with Gasteiger partial charge in [0.05, 0.1) is 6.61 Å². The van der Waals surface area contributed by atoms with Gasteiger partial charge in [0.15, 0.2) is 5.15 Å². The van der Waals surface area contributed by atoms with Crippen molar-refractivity contribution < 1.29 is 4.74 Å². The highest BCUT2D eigenvalue weighted by atomic mass is 35.5. The van der Waals surface area contributed by atoms with E-state index in [1.165, 1.54) is 11.8 Å². The second kappa shape index (κ2) is 4.91. The summed E-state index contributed by atoms with van der Waals surface area (Å²) in [6, 6.07) is 3.67. The Labute approximate surface area is 102 Å².